The fourth-order valence-corrected chi connectivity index (χ4v) is 1.86. The van der Waals surface area contributed by atoms with E-state index in [0.29, 0.717) is 12.1 Å². The van der Waals surface area contributed by atoms with Gasteiger partial charge in [0.2, 0.25) is 0 Å². The van der Waals surface area contributed by atoms with Crippen LogP contribution in [0.5, 0.6) is 0 Å². The Morgan fingerprint density at radius 1 is 1.05 bits per heavy atom. The summed E-state index contributed by atoms with van der Waals surface area (Å²) >= 11 is 5.88. The molecule has 2 rings (SSSR count). The Hall–Kier alpha value is -2.26. The Bertz CT molecular complexity index is 720. The van der Waals surface area contributed by atoms with E-state index >= 15 is 0 Å². The van der Waals surface area contributed by atoms with Crippen molar-refractivity contribution in [2.24, 2.45) is 0 Å². The van der Waals surface area contributed by atoms with Gasteiger partial charge in [-0.1, -0.05) is 11.6 Å². The lowest BCUT2D eigenvalue weighted by molar-refractivity contribution is -0.137. The lowest BCUT2D eigenvalue weighted by Gasteiger charge is -2.12. The number of alkyl halides is 3. The molecule has 21 heavy (non-hydrogen) atoms. The predicted molar refractivity (Wildman–Crippen MR) is 70.9 cm³/mol. The van der Waals surface area contributed by atoms with E-state index in [-0.39, 0.29) is 22.0 Å². The molecule has 0 aliphatic carbocycles. The van der Waals surface area contributed by atoms with Gasteiger partial charge in [0.15, 0.2) is 0 Å². The zero-order chi connectivity index (χ0) is 15.6. The van der Waals surface area contributed by atoms with Gasteiger partial charge in [0.1, 0.15) is 5.82 Å². The Morgan fingerprint density at radius 2 is 1.76 bits per heavy atom. The molecule has 2 aromatic carbocycles. The zero-order valence-electron chi connectivity index (χ0n) is 10.3. The van der Waals surface area contributed by atoms with Gasteiger partial charge in [-0.3, -0.25) is 0 Å². The van der Waals surface area contributed by atoms with Gasteiger partial charge in [-0.2, -0.15) is 18.4 Å². The minimum atomic E-state index is -4.57. The van der Waals surface area contributed by atoms with Crippen molar-refractivity contribution >= 4 is 23.0 Å². The van der Waals surface area contributed by atoms with Crippen LogP contribution in [0.3, 0.4) is 0 Å². The molecule has 0 unspecified atom stereocenters. The summed E-state index contributed by atoms with van der Waals surface area (Å²) in [6, 6.07) is 8.03. The van der Waals surface area contributed by atoms with Gasteiger partial charge in [-0.15, -0.1) is 0 Å². The minimum absolute atomic E-state index is 0.103. The van der Waals surface area contributed by atoms with Gasteiger partial charge in [-0.25, -0.2) is 4.39 Å². The molecular weight excluding hydrogens is 308 g/mol. The lowest BCUT2D eigenvalue weighted by atomic mass is 10.1. The van der Waals surface area contributed by atoms with E-state index in [9.17, 15) is 17.6 Å². The molecule has 0 fully saturated rings. The van der Waals surface area contributed by atoms with Crippen LogP contribution in [0.2, 0.25) is 5.02 Å². The summed E-state index contributed by atoms with van der Waals surface area (Å²) in [6.07, 6.45) is -4.57. The molecule has 2 nitrogen and oxygen atoms in total. The number of benzene rings is 2. The molecule has 108 valence electrons. The molecular formula is C14H7ClF4N2. The molecule has 0 aliphatic rings. The van der Waals surface area contributed by atoms with E-state index in [4.69, 9.17) is 16.9 Å². The van der Waals surface area contributed by atoms with Crippen LogP contribution < -0.4 is 5.32 Å². The van der Waals surface area contributed by atoms with Crippen LogP contribution in [-0.2, 0) is 6.18 Å². The molecule has 0 aliphatic heterocycles. The number of rotatable bonds is 2. The number of nitrogens with one attached hydrogen (secondary N) is 1. The first kappa shape index (κ1) is 15.1. The molecule has 7 heteroatoms. The highest BCUT2D eigenvalue weighted by Gasteiger charge is 2.31. The van der Waals surface area contributed by atoms with Gasteiger partial charge in [0.05, 0.1) is 33.6 Å². The summed E-state index contributed by atoms with van der Waals surface area (Å²) < 4.78 is 51.4. The molecule has 0 radical (unpaired) electrons. The van der Waals surface area contributed by atoms with Crippen LogP contribution >= 0.6 is 11.6 Å². The number of nitriles is 1. The third-order valence-electron chi connectivity index (χ3n) is 2.66. The normalized spacial score (nSPS) is 11.0. The van der Waals surface area contributed by atoms with Gasteiger partial charge in [0.25, 0.3) is 0 Å². The van der Waals surface area contributed by atoms with Crippen LogP contribution in [-0.4, -0.2) is 0 Å². The standard InChI is InChI=1S/C14H7ClF4N2/c15-10-5-8(7-20)1-4-12(10)21-13-6-9(14(17,18)19)2-3-11(13)16/h1-6,21H. The van der Waals surface area contributed by atoms with Crippen LogP contribution in [0.1, 0.15) is 11.1 Å². The summed E-state index contributed by atoms with van der Waals surface area (Å²) in [5.41, 5.74) is -0.837. The summed E-state index contributed by atoms with van der Waals surface area (Å²) in [5.74, 6) is -0.844. The third kappa shape index (κ3) is 3.44. The van der Waals surface area contributed by atoms with E-state index in [2.05, 4.69) is 5.32 Å². The molecule has 2 aromatic rings. The van der Waals surface area contributed by atoms with Gasteiger partial charge in [-0.05, 0) is 36.4 Å². The summed E-state index contributed by atoms with van der Waals surface area (Å²) in [7, 11) is 0. The highest BCUT2D eigenvalue weighted by atomic mass is 35.5. The zero-order valence-corrected chi connectivity index (χ0v) is 11.1. The van der Waals surface area contributed by atoms with Crippen molar-refractivity contribution in [1.82, 2.24) is 0 Å². The number of halogens is 5. The largest absolute Gasteiger partial charge is 0.416 e. The van der Waals surface area contributed by atoms with Crippen LogP contribution in [0.15, 0.2) is 36.4 Å². The number of hydrogen-bond donors (Lipinski definition) is 1. The Morgan fingerprint density at radius 3 is 2.33 bits per heavy atom. The van der Waals surface area contributed by atoms with Gasteiger partial charge in [0, 0.05) is 0 Å². The number of anilines is 2. The summed E-state index contributed by atoms with van der Waals surface area (Å²) in [4.78, 5) is 0. The van der Waals surface area contributed by atoms with Crippen molar-refractivity contribution in [3.05, 3.63) is 58.4 Å². The number of nitrogens with zero attached hydrogens (tertiary/aromatic N) is 1. The van der Waals surface area contributed by atoms with Crippen LogP contribution in [0, 0.1) is 17.1 Å². The van der Waals surface area contributed by atoms with Crippen molar-refractivity contribution < 1.29 is 17.6 Å². The molecule has 0 aromatic heterocycles. The second-order valence-electron chi connectivity index (χ2n) is 4.12. The summed E-state index contributed by atoms with van der Waals surface area (Å²) in [6.45, 7) is 0. The molecule has 0 atom stereocenters. The highest BCUT2D eigenvalue weighted by Crippen LogP contribution is 2.34. The summed E-state index contributed by atoms with van der Waals surface area (Å²) in [5, 5.41) is 11.3. The van der Waals surface area contributed by atoms with E-state index in [1.807, 2.05) is 6.07 Å². The first-order chi connectivity index (χ1) is 9.81. The average molecular weight is 315 g/mol. The van der Waals surface area contributed by atoms with E-state index in [1.165, 1.54) is 18.2 Å². The molecule has 0 bridgehead atoms. The van der Waals surface area contributed by atoms with Crippen molar-refractivity contribution in [2.75, 3.05) is 5.32 Å². The van der Waals surface area contributed by atoms with Crippen molar-refractivity contribution in [3.63, 3.8) is 0 Å². The third-order valence-corrected chi connectivity index (χ3v) is 2.97. The molecule has 1 N–H and O–H groups in total. The van der Waals surface area contributed by atoms with Crippen molar-refractivity contribution in [1.29, 1.82) is 5.26 Å². The number of hydrogen-bond acceptors (Lipinski definition) is 2. The maximum atomic E-state index is 13.6. The molecule has 0 saturated carbocycles. The molecule has 0 heterocycles. The Balaban J connectivity index is 2.38. The second-order valence-corrected chi connectivity index (χ2v) is 4.53. The van der Waals surface area contributed by atoms with E-state index < -0.39 is 17.6 Å². The smallest absolute Gasteiger partial charge is 0.352 e. The lowest BCUT2D eigenvalue weighted by Crippen LogP contribution is -2.06. The molecule has 0 amide bonds. The minimum Gasteiger partial charge on any atom is -0.352 e. The fourth-order valence-electron chi connectivity index (χ4n) is 1.63. The molecule has 0 spiro atoms. The monoisotopic (exact) mass is 314 g/mol. The van der Waals surface area contributed by atoms with Gasteiger partial charge < -0.3 is 5.32 Å². The predicted octanol–water partition coefficient (Wildman–Crippen LogP) is 5.11. The van der Waals surface area contributed by atoms with Gasteiger partial charge >= 0.3 is 6.18 Å². The van der Waals surface area contributed by atoms with Crippen LogP contribution in [0.25, 0.3) is 0 Å². The highest BCUT2D eigenvalue weighted by molar-refractivity contribution is 6.33. The van der Waals surface area contributed by atoms with Crippen LogP contribution in [0.4, 0.5) is 28.9 Å². The SMILES string of the molecule is N#Cc1ccc(Nc2cc(C(F)(F)F)ccc2F)c(Cl)c1. The van der Waals surface area contributed by atoms with Crippen molar-refractivity contribution in [2.45, 2.75) is 6.18 Å². The second kappa shape index (κ2) is 5.62. The first-order valence-corrected chi connectivity index (χ1v) is 6.02. The fraction of sp³-hybridized carbons (Fsp3) is 0.0714. The topological polar surface area (TPSA) is 35.8 Å². The molecule has 0 saturated heterocycles. The maximum absolute atomic E-state index is 13.6. The first-order valence-electron chi connectivity index (χ1n) is 5.64. The Kier molecular flexibility index (Phi) is 4.05. The van der Waals surface area contributed by atoms with E-state index in [1.54, 1.807) is 0 Å². The quantitative estimate of drug-likeness (QED) is 0.782. The van der Waals surface area contributed by atoms with E-state index in [0.717, 1.165) is 6.07 Å². The van der Waals surface area contributed by atoms with Crippen molar-refractivity contribution in [3.8, 4) is 6.07 Å². The Labute approximate surface area is 122 Å². The average Bonchev–Trinajstić information content (AvgIpc) is 2.42. The maximum Gasteiger partial charge on any atom is 0.416 e.